The standard InChI is InChI=1S/C19H26N2O2/c22-18(15-11-12-15)20-13-14-7-9-16(10-8-14)19(23)21-17-5-3-1-2-4-6-17/h7-10,15,17H,1-6,11-13H2,(H,20,22)(H,21,23). The van der Waals surface area contributed by atoms with Crippen LogP contribution < -0.4 is 10.6 Å². The van der Waals surface area contributed by atoms with Gasteiger partial charge in [-0.05, 0) is 43.4 Å². The SMILES string of the molecule is O=C(NC1CCCCCC1)c1ccc(CNC(=O)C2CC2)cc1. The molecule has 23 heavy (non-hydrogen) atoms. The van der Waals surface area contributed by atoms with E-state index >= 15 is 0 Å². The first-order chi connectivity index (χ1) is 11.2. The molecule has 0 atom stereocenters. The molecule has 0 unspecified atom stereocenters. The molecule has 0 radical (unpaired) electrons. The highest BCUT2D eigenvalue weighted by molar-refractivity contribution is 5.94. The van der Waals surface area contributed by atoms with Crippen LogP contribution in [0.25, 0.3) is 0 Å². The minimum absolute atomic E-state index is 0.0189. The van der Waals surface area contributed by atoms with Gasteiger partial charge in [0.1, 0.15) is 0 Å². The molecule has 4 heteroatoms. The van der Waals surface area contributed by atoms with Crippen LogP contribution in [0.15, 0.2) is 24.3 Å². The third-order valence-electron chi connectivity index (χ3n) is 4.82. The van der Waals surface area contributed by atoms with Crippen molar-refractivity contribution in [1.29, 1.82) is 0 Å². The Balaban J connectivity index is 1.49. The molecule has 0 heterocycles. The van der Waals surface area contributed by atoms with E-state index in [1.54, 1.807) is 0 Å². The zero-order chi connectivity index (χ0) is 16.1. The van der Waals surface area contributed by atoms with Crippen LogP contribution >= 0.6 is 0 Å². The van der Waals surface area contributed by atoms with E-state index < -0.39 is 0 Å². The van der Waals surface area contributed by atoms with Crippen LogP contribution in [0.4, 0.5) is 0 Å². The van der Waals surface area contributed by atoms with E-state index in [0.29, 0.717) is 18.2 Å². The molecule has 2 fully saturated rings. The van der Waals surface area contributed by atoms with Crippen LogP contribution in [0.2, 0.25) is 0 Å². The van der Waals surface area contributed by atoms with Crippen molar-refractivity contribution in [3.63, 3.8) is 0 Å². The fraction of sp³-hybridized carbons (Fsp3) is 0.579. The summed E-state index contributed by atoms with van der Waals surface area (Å²) in [7, 11) is 0. The van der Waals surface area contributed by atoms with Gasteiger partial charge in [-0.2, -0.15) is 0 Å². The Morgan fingerprint density at radius 1 is 0.913 bits per heavy atom. The van der Waals surface area contributed by atoms with E-state index in [2.05, 4.69) is 10.6 Å². The lowest BCUT2D eigenvalue weighted by Gasteiger charge is -2.16. The molecule has 1 aromatic carbocycles. The summed E-state index contributed by atoms with van der Waals surface area (Å²) in [5, 5.41) is 6.10. The fourth-order valence-corrected chi connectivity index (χ4v) is 3.15. The van der Waals surface area contributed by atoms with E-state index in [1.165, 1.54) is 25.7 Å². The quantitative estimate of drug-likeness (QED) is 0.820. The van der Waals surface area contributed by atoms with Gasteiger partial charge in [0.05, 0.1) is 0 Å². The third-order valence-corrected chi connectivity index (χ3v) is 4.82. The molecule has 0 aromatic heterocycles. The van der Waals surface area contributed by atoms with Gasteiger partial charge in [-0.1, -0.05) is 37.8 Å². The van der Waals surface area contributed by atoms with Crippen molar-refractivity contribution in [1.82, 2.24) is 10.6 Å². The summed E-state index contributed by atoms with van der Waals surface area (Å²) >= 11 is 0. The van der Waals surface area contributed by atoms with Crippen molar-refractivity contribution in [3.8, 4) is 0 Å². The van der Waals surface area contributed by atoms with Gasteiger partial charge in [0.15, 0.2) is 0 Å². The number of benzene rings is 1. The van der Waals surface area contributed by atoms with E-state index in [-0.39, 0.29) is 17.7 Å². The Hall–Kier alpha value is -1.84. The zero-order valence-electron chi connectivity index (χ0n) is 13.6. The van der Waals surface area contributed by atoms with Gasteiger partial charge >= 0.3 is 0 Å². The summed E-state index contributed by atoms with van der Waals surface area (Å²) in [6.07, 6.45) is 9.22. The summed E-state index contributed by atoms with van der Waals surface area (Å²) in [6, 6.07) is 7.88. The van der Waals surface area contributed by atoms with Crippen molar-refractivity contribution in [3.05, 3.63) is 35.4 Å². The van der Waals surface area contributed by atoms with Crippen LogP contribution in [0.1, 0.15) is 67.3 Å². The molecule has 2 N–H and O–H groups in total. The summed E-state index contributed by atoms with van der Waals surface area (Å²) < 4.78 is 0. The van der Waals surface area contributed by atoms with Crippen molar-refractivity contribution in [2.75, 3.05) is 0 Å². The Morgan fingerprint density at radius 2 is 1.57 bits per heavy atom. The third kappa shape index (κ3) is 4.81. The first kappa shape index (κ1) is 16.0. The topological polar surface area (TPSA) is 58.2 Å². The van der Waals surface area contributed by atoms with Gasteiger partial charge in [0.2, 0.25) is 5.91 Å². The van der Waals surface area contributed by atoms with Crippen LogP contribution in [-0.4, -0.2) is 17.9 Å². The average Bonchev–Trinajstić information content (AvgIpc) is 3.40. The lowest BCUT2D eigenvalue weighted by molar-refractivity contribution is -0.122. The molecule has 2 aliphatic carbocycles. The van der Waals surface area contributed by atoms with Crippen LogP contribution in [0, 0.1) is 5.92 Å². The predicted molar refractivity (Wildman–Crippen MR) is 90.0 cm³/mol. The molecule has 0 bridgehead atoms. The largest absolute Gasteiger partial charge is 0.352 e. The number of nitrogens with one attached hydrogen (secondary N) is 2. The normalized spacial score (nSPS) is 19.0. The first-order valence-corrected chi connectivity index (χ1v) is 8.90. The van der Waals surface area contributed by atoms with Crippen molar-refractivity contribution in [2.24, 2.45) is 5.92 Å². The zero-order valence-corrected chi connectivity index (χ0v) is 13.6. The van der Waals surface area contributed by atoms with Crippen molar-refractivity contribution >= 4 is 11.8 Å². The maximum atomic E-state index is 12.3. The molecule has 124 valence electrons. The molecule has 2 amide bonds. The summed E-state index contributed by atoms with van der Waals surface area (Å²) in [5.74, 6) is 0.408. The minimum Gasteiger partial charge on any atom is -0.352 e. The number of hydrogen-bond acceptors (Lipinski definition) is 2. The summed E-state index contributed by atoms with van der Waals surface area (Å²) in [4.78, 5) is 23.9. The fourth-order valence-electron chi connectivity index (χ4n) is 3.15. The Bertz CT molecular complexity index is 541. The molecule has 3 rings (SSSR count). The van der Waals surface area contributed by atoms with E-state index in [4.69, 9.17) is 0 Å². The second-order valence-electron chi connectivity index (χ2n) is 6.85. The molecule has 0 aliphatic heterocycles. The molecule has 4 nitrogen and oxygen atoms in total. The molecule has 0 saturated heterocycles. The lowest BCUT2D eigenvalue weighted by atomic mass is 10.1. The smallest absolute Gasteiger partial charge is 0.251 e. The molecular formula is C19H26N2O2. The number of amides is 2. The van der Waals surface area contributed by atoms with E-state index in [9.17, 15) is 9.59 Å². The second kappa shape index (κ2) is 7.62. The molecule has 1 aromatic rings. The number of carbonyl (C=O) groups excluding carboxylic acids is 2. The molecule has 0 spiro atoms. The van der Waals surface area contributed by atoms with Gasteiger partial charge in [-0.25, -0.2) is 0 Å². The monoisotopic (exact) mass is 314 g/mol. The predicted octanol–water partition coefficient (Wildman–Crippen LogP) is 3.17. The summed E-state index contributed by atoms with van der Waals surface area (Å²) in [5.41, 5.74) is 1.73. The summed E-state index contributed by atoms with van der Waals surface area (Å²) in [6.45, 7) is 0.542. The van der Waals surface area contributed by atoms with Gasteiger partial charge in [0.25, 0.3) is 5.91 Å². The number of hydrogen-bond donors (Lipinski definition) is 2. The second-order valence-corrected chi connectivity index (χ2v) is 6.85. The first-order valence-electron chi connectivity index (χ1n) is 8.90. The van der Waals surface area contributed by atoms with Gasteiger partial charge in [-0.3, -0.25) is 9.59 Å². The Kier molecular flexibility index (Phi) is 5.31. The van der Waals surface area contributed by atoms with Crippen LogP contribution in [0.3, 0.4) is 0 Å². The van der Waals surface area contributed by atoms with Gasteiger partial charge < -0.3 is 10.6 Å². The van der Waals surface area contributed by atoms with Crippen LogP contribution in [0.5, 0.6) is 0 Å². The molecular weight excluding hydrogens is 288 g/mol. The van der Waals surface area contributed by atoms with Crippen molar-refractivity contribution in [2.45, 2.75) is 64.0 Å². The number of carbonyl (C=O) groups is 2. The molecule has 2 saturated carbocycles. The van der Waals surface area contributed by atoms with Crippen LogP contribution in [-0.2, 0) is 11.3 Å². The minimum atomic E-state index is 0.0189. The highest BCUT2D eigenvalue weighted by Gasteiger charge is 2.29. The highest BCUT2D eigenvalue weighted by Crippen LogP contribution is 2.28. The van der Waals surface area contributed by atoms with Crippen molar-refractivity contribution < 1.29 is 9.59 Å². The average molecular weight is 314 g/mol. The lowest BCUT2D eigenvalue weighted by Crippen LogP contribution is -2.34. The van der Waals surface area contributed by atoms with Gasteiger partial charge in [-0.15, -0.1) is 0 Å². The Labute approximate surface area is 138 Å². The molecule has 2 aliphatic rings. The maximum absolute atomic E-state index is 12.3. The highest BCUT2D eigenvalue weighted by atomic mass is 16.2. The van der Waals surface area contributed by atoms with E-state index in [0.717, 1.165) is 31.2 Å². The van der Waals surface area contributed by atoms with E-state index in [1.807, 2.05) is 24.3 Å². The maximum Gasteiger partial charge on any atom is 0.251 e. The number of rotatable bonds is 5. The Morgan fingerprint density at radius 3 is 2.17 bits per heavy atom. The van der Waals surface area contributed by atoms with Gasteiger partial charge in [0, 0.05) is 24.1 Å².